The molecule has 2 fully saturated rings. The first-order valence-electron chi connectivity index (χ1n) is 8.40. The molecule has 0 saturated carbocycles. The predicted octanol–water partition coefficient (Wildman–Crippen LogP) is 2.22. The maximum Gasteiger partial charge on any atom is 0.320 e. The van der Waals surface area contributed by atoms with E-state index >= 15 is 0 Å². The Morgan fingerprint density at radius 2 is 2.08 bits per heavy atom. The van der Waals surface area contributed by atoms with Crippen LogP contribution in [0.2, 0.25) is 0 Å². The number of aromatic nitrogens is 3. The van der Waals surface area contributed by atoms with Crippen LogP contribution in [0, 0.1) is 0 Å². The third kappa shape index (κ3) is 2.72. The average molecular weight is 393 g/mol. The molecule has 0 spiro atoms. The van der Waals surface area contributed by atoms with Crippen molar-refractivity contribution >= 4 is 33.4 Å². The second-order valence-corrected chi connectivity index (χ2v) is 7.33. The summed E-state index contributed by atoms with van der Waals surface area (Å²) in [5, 5.41) is 4.65. The highest BCUT2D eigenvalue weighted by Gasteiger charge is 2.32. The fourth-order valence-corrected chi connectivity index (χ4v) is 3.92. The first kappa shape index (κ1) is 15.7. The maximum atomic E-state index is 12.6. The smallest absolute Gasteiger partial charge is 0.320 e. The van der Waals surface area contributed by atoms with E-state index in [0.717, 1.165) is 61.5 Å². The van der Waals surface area contributed by atoms with Gasteiger partial charge >= 0.3 is 6.03 Å². The largest absolute Gasteiger partial charge is 0.353 e. The molecular weight excluding hydrogens is 372 g/mol. The highest BCUT2D eigenvalue weighted by Crippen LogP contribution is 2.23. The summed E-state index contributed by atoms with van der Waals surface area (Å²) in [6, 6.07) is 4.38. The molecule has 2 aromatic rings. The van der Waals surface area contributed by atoms with Gasteiger partial charge in [0.25, 0.3) is 0 Å². The summed E-state index contributed by atoms with van der Waals surface area (Å²) in [4.78, 5) is 23.0. The fraction of sp³-hybridized carbons (Fsp3) is 0.562. The number of amides is 2. The lowest BCUT2D eigenvalue weighted by molar-refractivity contribution is 0.159. The molecule has 7 nitrogen and oxygen atoms in total. The number of carbonyl (C=O) groups is 1. The van der Waals surface area contributed by atoms with Gasteiger partial charge in [0.15, 0.2) is 5.65 Å². The van der Waals surface area contributed by atoms with Gasteiger partial charge in [0.1, 0.15) is 10.4 Å². The van der Waals surface area contributed by atoms with E-state index in [-0.39, 0.29) is 12.1 Å². The summed E-state index contributed by atoms with van der Waals surface area (Å²) >= 11 is 3.46. The topological polar surface area (TPSA) is 57.0 Å². The normalized spacial score (nSPS) is 21.0. The van der Waals surface area contributed by atoms with E-state index in [1.165, 1.54) is 0 Å². The zero-order valence-corrected chi connectivity index (χ0v) is 15.3. The van der Waals surface area contributed by atoms with Crippen molar-refractivity contribution in [3.8, 4) is 0 Å². The molecule has 0 N–H and O–H groups in total. The van der Waals surface area contributed by atoms with Crippen LogP contribution < -0.4 is 4.90 Å². The summed E-state index contributed by atoms with van der Waals surface area (Å²) in [7, 11) is 1.93. The van der Waals surface area contributed by atoms with E-state index in [4.69, 9.17) is 0 Å². The van der Waals surface area contributed by atoms with Gasteiger partial charge in [-0.3, -0.25) is 0 Å². The van der Waals surface area contributed by atoms with E-state index in [0.29, 0.717) is 0 Å². The lowest BCUT2D eigenvalue weighted by Gasteiger charge is -2.29. The van der Waals surface area contributed by atoms with Crippen molar-refractivity contribution < 1.29 is 4.79 Å². The molecule has 1 unspecified atom stereocenters. The standard InChI is InChI=1S/C16H21BrN6O/c1-20(16(24)21-7-2-3-8-21)12-6-9-22(11-12)15-5-4-14-18-10-13(17)23(14)19-15/h4-5,10,12H,2-3,6-9,11H2,1H3. The van der Waals surface area contributed by atoms with Gasteiger partial charge < -0.3 is 14.7 Å². The third-order valence-corrected chi connectivity index (χ3v) is 5.56. The van der Waals surface area contributed by atoms with Crippen LogP contribution in [-0.2, 0) is 0 Å². The summed E-state index contributed by atoms with van der Waals surface area (Å²) < 4.78 is 2.64. The van der Waals surface area contributed by atoms with E-state index in [1.807, 2.05) is 29.0 Å². The highest BCUT2D eigenvalue weighted by atomic mass is 79.9. The molecule has 2 aliphatic heterocycles. The van der Waals surface area contributed by atoms with E-state index in [2.05, 4.69) is 30.9 Å². The highest BCUT2D eigenvalue weighted by molar-refractivity contribution is 9.10. The number of hydrogen-bond acceptors (Lipinski definition) is 4. The van der Waals surface area contributed by atoms with Crippen molar-refractivity contribution in [2.45, 2.75) is 25.3 Å². The molecule has 2 amide bonds. The molecule has 4 rings (SSSR count). The second-order valence-electron chi connectivity index (χ2n) is 6.52. The number of carbonyl (C=O) groups excluding carboxylic acids is 1. The Balaban J connectivity index is 1.46. The number of nitrogens with zero attached hydrogens (tertiary/aromatic N) is 6. The Labute approximate surface area is 149 Å². The SMILES string of the molecule is CN(C(=O)N1CCCC1)C1CCN(c2ccc3ncc(Br)n3n2)C1. The van der Waals surface area contributed by atoms with Crippen LogP contribution in [0.1, 0.15) is 19.3 Å². The summed E-state index contributed by atoms with van der Waals surface area (Å²) in [5.41, 5.74) is 0.822. The van der Waals surface area contributed by atoms with Crippen LogP contribution >= 0.6 is 15.9 Å². The molecule has 24 heavy (non-hydrogen) atoms. The molecule has 1 atom stereocenters. The third-order valence-electron chi connectivity index (χ3n) is 5.02. The summed E-state index contributed by atoms with van der Waals surface area (Å²) in [6.07, 6.45) is 4.97. The Bertz CT molecular complexity index is 756. The molecule has 0 bridgehead atoms. The molecule has 2 aliphatic rings. The van der Waals surface area contributed by atoms with Crippen LogP contribution in [0.25, 0.3) is 5.65 Å². The number of fused-ring (bicyclic) bond motifs is 1. The number of urea groups is 1. The van der Waals surface area contributed by atoms with Crippen molar-refractivity contribution in [3.63, 3.8) is 0 Å². The number of likely N-dealkylation sites (tertiary alicyclic amines) is 1. The molecule has 0 radical (unpaired) electrons. The van der Waals surface area contributed by atoms with Gasteiger partial charge in [0.2, 0.25) is 0 Å². The van der Waals surface area contributed by atoms with Crippen molar-refractivity contribution in [2.24, 2.45) is 0 Å². The number of halogens is 1. The molecule has 128 valence electrons. The Morgan fingerprint density at radius 3 is 2.88 bits per heavy atom. The quantitative estimate of drug-likeness (QED) is 0.785. The van der Waals surface area contributed by atoms with Gasteiger partial charge in [-0.2, -0.15) is 0 Å². The van der Waals surface area contributed by atoms with Crippen LogP contribution in [0.5, 0.6) is 0 Å². The first-order valence-corrected chi connectivity index (χ1v) is 9.20. The first-order chi connectivity index (χ1) is 11.6. The van der Waals surface area contributed by atoms with Crippen molar-refractivity contribution in [2.75, 3.05) is 38.1 Å². The van der Waals surface area contributed by atoms with Crippen molar-refractivity contribution in [3.05, 3.63) is 22.9 Å². The second kappa shape index (κ2) is 6.23. The van der Waals surface area contributed by atoms with Crippen LogP contribution in [0.3, 0.4) is 0 Å². The molecule has 8 heteroatoms. The van der Waals surface area contributed by atoms with E-state index in [9.17, 15) is 4.79 Å². The molecule has 0 aromatic carbocycles. The van der Waals surface area contributed by atoms with Crippen LogP contribution in [0.15, 0.2) is 22.9 Å². The van der Waals surface area contributed by atoms with Gasteiger partial charge in [-0.1, -0.05) is 0 Å². The monoisotopic (exact) mass is 392 g/mol. The molecule has 0 aliphatic carbocycles. The minimum Gasteiger partial charge on any atom is -0.353 e. The number of anilines is 1. The van der Waals surface area contributed by atoms with Gasteiger partial charge in [-0.25, -0.2) is 14.3 Å². The molecular formula is C16H21BrN6O. The minimum absolute atomic E-state index is 0.167. The Kier molecular flexibility index (Phi) is 4.07. The van der Waals surface area contributed by atoms with E-state index < -0.39 is 0 Å². The number of rotatable bonds is 2. The van der Waals surface area contributed by atoms with Gasteiger partial charge in [0, 0.05) is 33.2 Å². The van der Waals surface area contributed by atoms with Crippen molar-refractivity contribution in [1.82, 2.24) is 24.4 Å². The predicted molar refractivity (Wildman–Crippen MR) is 95.3 cm³/mol. The molecule has 4 heterocycles. The fourth-order valence-electron chi connectivity index (χ4n) is 3.56. The van der Waals surface area contributed by atoms with Crippen LogP contribution in [-0.4, -0.2) is 69.7 Å². The zero-order valence-electron chi connectivity index (χ0n) is 13.7. The van der Waals surface area contributed by atoms with Gasteiger partial charge in [-0.05, 0) is 47.3 Å². The zero-order chi connectivity index (χ0) is 16.7. The van der Waals surface area contributed by atoms with E-state index in [1.54, 1.807) is 10.7 Å². The Hall–Kier alpha value is -1.83. The minimum atomic E-state index is 0.167. The Morgan fingerprint density at radius 1 is 1.29 bits per heavy atom. The van der Waals surface area contributed by atoms with Crippen molar-refractivity contribution in [1.29, 1.82) is 0 Å². The van der Waals surface area contributed by atoms with Gasteiger partial charge in [-0.15, -0.1) is 5.10 Å². The number of likely N-dealkylation sites (N-methyl/N-ethyl adjacent to an activating group) is 1. The summed E-state index contributed by atoms with van der Waals surface area (Å²) in [5.74, 6) is 0.922. The number of hydrogen-bond donors (Lipinski definition) is 0. The lowest BCUT2D eigenvalue weighted by Crippen LogP contribution is -2.46. The number of imidazole rings is 1. The molecule has 2 aromatic heterocycles. The van der Waals surface area contributed by atoms with Crippen LogP contribution in [0.4, 0.5) is 10.6 Å². The van der Waals surface area contributed by atoms with Gasteiger partial charge in [0.05, 0.1) is 12.2 Å². The molecule has 2 saturated heterocycles. The maximum absolute atomic E-state index is 12.6. The lowest BCUT2D eigenvalue weighted by atomic mass is 10.2. The summed E-state index contributed by atoms with van der Waals surface area (Å²) in [6.45, 7) is 3.52. The average Bonchev–Trinajstić information content (AvgIpc) is 3.34.